The highest BCUT2D eigenvalue weighted by Gasteiger charge is 2.34. The van der Waals surface area contributed by atoms with E-state index in [-0.39, 0.29) is 22.4 Å². The van der Waals surface area contributed by atoms with E-state index in [4.69, 9.17) is 9.15 Å². The molecule has 2 atom stereocenters. The van der Waals surface area contributed by atoms with Gasteiger partial charge in [0.25, 0.3) is 0 Å². The fourth-order valence-corrected chi connectivity index (χ4v) is 5.25. The number of hydrogen-bond donors (Lipinski definition) is 1. The van der Waals surface area contributed by atoms with Crippen LogP contribution < -0.4 is 15.2 Å². The molecule has 1 aromatic heterocycles. The number of hydrogen-bond acceptors (Lipinski definition) is 6. The van der Waals surface area contributed by atoms with E-state index >= 15 is 0 Å². The van der Waals surface area contributed by atoms with Crippen molar-refractivity contribution in [3.8, 4) is 11.8 Å². The first kappa shape index (κ1) is 19.6. The molecule has 1 aliphatic rings. The zero-order valence-corrected chi connectivity index (χ0v) is 16.7. The molecule has 1 heterocycles. The van der Waals surface area contributed by atoms with E-state index in [2.05, 4.69) is 30.6 Å². The van der Waals surface area contributed by atoms with Gasteiger partial charge < -0.3 is 9.15 Å². The summed E-state index contributed by atoms with van der Waals surface area (Å²) in [5, 5.41) is 3.86. The van der Waals surface area contributed by atoms with E-state index in [0.717, 1.165) is 23.9 Å². The molecule has 0 spiro atoms. The van der Waals surface area contributed by atoms with E-state index in [1.807, 2.05) is 0 Å². The van der Waals surface area contributed by atoms with Crippen molar-refractivity contribution in [1.82, 2.24) is 14.5 Å². The second-order valence-electron chi connectivity index (χ2n) is 7.98. The van der Waals surface area contributed by atoms with Gasteiger partial charge in [0.1, 0.15) is 0 Å². The summed E-state index contributed by atoms with van der Waals surface area (Å²) < 4.78 is 38.9. The minimum Gasteiger partial charge on any atom is -0.452 e. The van der Waals surface area contributed by atoms with Gasteiger partial charge in [-0.25, -0.2) is 17.9 Å². The first-order chi connectivity index (χ1) is 12.6. The Bertz CT molecular complexity index is 960. The smallest absolute Gasteiger partial charge is 0.444 e. The highest BCUT2D eigenvalue weighted by Crippen LogP contribution is 2.38. The maximum atomic E-state index is 12.7. The lowest BCUT2D eigenvalue weighted by Crippen LogP contribution is -2.42. The van der Waals surface area contributed by atoms with Gasteiger partial charge in [-0.05, 0) is 54.9 Å². The summed E-state index contributed by atoms with van der Waals surface area (Å²) >= 11 is 0. The van der Waals surface area contributed by atoms with Crippen LogP contribution in [0.15, 0.2) is 38.4 Å². The van der Waals surface area contributed by atoms with Gasteiger partial charge in [-0.15, -0.1) is 0 Å². The van der Waals surface area contributed by atoms with Crippen LogP contribution in [0, 0.1) is 11.3 Å². The lowest BCUT2D eigenvalue weighted by atomic mass is 9.71. The van der Waals surface area contributed by atoms with Crippen LogP contribution in [-0.2, 0) is 10.0 Å². The van der Waals surface area contributed by atoms with E-state index < -0.39 is 15.8 Å². The predicted octanol–water partition coefficient (Wildman–Crippen LogP) is 2.33. The average Bonchev–Trinajstić information content (AvgIpc) is 2.93. The highest BCUT2D eigenvalue weighted by atomic mass is 32.2. The Morgan fingerprint density at radius 3 is 2.48 bits per heavy atom. The lowest BCUT2D eigenvalue weighted by molar-refractivity contribution is 0.163. The van der Waals surface area contributed by atoms with E-state index in [1.165, 1.54) is 31.4 Å². The molecule has 0 aliphatic heterocycles. The molecule has 8 nitrogen and oxygen atoms in total. The molecule has 148 valence electrons. The van der Waals surface area contributed by atoms with Gasteiger partial charge in [0, 0.05) is 6.04 Å². The Hall–Kier alpha value is -2.13. The topological polar surface area (TPSA) is 103 Å². The molecule has 9 heteroatoms. The Labute approximate surface area is 158 Å². The number of rotatable bonds is 5. The Balaban J connectivity index is 1.79. The molecular formula is C18H25N3O5S. The monoisotopic (exact) mass is 395 g/mol. The van der Waals surface area contributed by atoms with E-state index in [1.54, 1.807) is 0 Å². The first-order valence-electron chi connectivity index (χ1n) is 8.86. The van der Waals surface area contributed by atoms with Crippen molar-refractivity contribution in [1.29, 1.82) is 0 Å². The lowest BCUT2D eigenvalue weighted by Gasteiger charge is -2.39. The van der Waals surface area contributed by atoms with Crippen molar-refractivity contribution in [2.45, 2.75) is 51.0 Å². The third-order valence-corrected chi connectivity index (χ3v) is 6.34. The standard InChI is InChI=1S/C18H25N3O5S/c1-12-9-13(11-18(2,3)10-12)20-27(23,24)15-7-5-14(6-8-15)21-17(22)26-16(19-21)25-4/h5-8,12-13,20H,9-11H2,1-4H3. The van der Waals surface area contributed by atoms with Crippen molar-refractivity contribution < 1.29 is 17.6 Å². The van der Waals surface area contributed by atoms with Gasteiger partial charge in [0.15, 0.2) is 0 Å². The molecule has 1 fully saturated rings. The fourth-order valence-electron chi connectivity index (χ4n) is 4.00. The van der Waals surface area contributed by atoms with Crippen LogP contribution in [-0.4, -0.2) is 31.3 Å². The van der Waals surface area contributed by atoms with Crippen molar-refractivity contribution in [3.05, 3.63) is 34.8 Å². The molecule has 0 saturated heterocycles. The number of aromatic nitrogens is 2. The molecular weight excluding hydrogens is 370 g/mol. The maximum absolute atomic E-state index is 12.7. The summed E-state index contributed by atoms with van der Waals surface area (Å²) in [5.41, 5.74) is 0.500. The first-order valence-corrected chi connectivity index (χ1v) is 10.3. The number of nitrogens with zero attached hydrogens (tertiary/aromatic N) is 2. The number of ether oxygens (including phenoxy) is 1. The minimum atomic E-state index is -3.65. The van der Waals surface area contributed by atoms with Crippen molar-refractivity contribution in [2.75, 3.05) is 7.11 Å². The van der Waals surface area contributed by atoms with E-state index in [0.29, 0.717) is 11.6 Å². The van der Waals surface area contributed by atoms with Crippen molar-refractivity contribution in [2.24, 2.45) is 11.3 Å². The fraction of sp³-hybridized carbons (Fsp3) is 0.556. The van der Waals surface area contributed by atoms with Gasteiger partial charge in [-0.1, -0.05) is 25.9 Å². The Kier molecular flexibility index (Phi) is 5.18. The third kappa shape index (κ3) is 4.41. The Morgan fingerprint density at radius 2 is 1.93 bits per heavy atom. The summed E-state index contributed by atoms with van der Waals surface area (Å²) in [5.74, 6) is -0.239. The SMILES string of the molecule is COc1nn(-c2ccc(S(=O)(=O)NC3CC(C)CC(C)(C)C3)cc2)c(=O)o1. The zero-order chi connectivity index (χ0) is 19.8. The molecule has 1 saturated carbocycles. The maximum Gasteiger partial charge on any atom is 0.444 e. The second kappa shape index (κ2) is 7.12. The molecule has 2 unspecified atom stereocenters. The number of methoxy groups -OCH3 is 1. The molecule has 1 aromatic carbocycles. The Morgan fingerprint density at radius 1 is 1.26 bits per heavy atom. The van der Waals surface area contributed by atoms with Crippen LogP contribution in [0.4, 0.5) is 0 Å². The molecule has 1 aliphatic carbocycles. The minimum absolute atomic E-state index is 0.0872. The normalized spacial score (nSPS) is 22.5. The summed E-state index contributed by atoms with van der Waals surface area (Å²) in [6.45, 7) is 6.49. The van der Waals surface area contributed by atoms with Crippen molar-refractivity contribution >= 4 is 10.0 Å². The average molecular weight is 395 g/mol. The third-order valence-electron chi connectivity index (χ3n) is 4.80. The van der Waals surface area contributed by atoms with Crippen LogP contribution in [0.3, 0.4) is 0 Å². The van der Waals surface area contributed by atoms with Gasteiger partial charge in [0.05, 0.1) is 17.7 Å². The van der Waals surface area contributed by atoms with Gasteiger partial charge in [-0.3, -0.25) is 0 Å². The number of sulfonamides is 1. The van der Waals surface area contributed by atoms with Crippen LogP contribution in [0.1, 0.15) is 40.0 Å². The van der Waals surface area contributed by atoms with E-state index in [9.17, 15) is 13.2 Å². The molecule has 0 bridgehead atoms. The zero-order valence-electron chi connectivity index (χ0n) is 15.9. The van der Waals surface area contributed by atoms with Crippen LogP contribution in [0.2, 0.25) is 0 Å². The molecule has 0 amide bonds. The quantitative estimate of drug-likeness (QED) is 0.833. The van der Waals surface area contributed by atoms with Crippen LogP contribution in [0.25, 0.3) is 5.69 Å². The molecule has 3 rings (SSSR count). The molecule has 2 aromatic rings. The summed E-state index contributed by atoms with van der Waals surface area (Å²) in [7, 11) is -2.31. The second-order valence-corrected chi connectivity index (χ2v) is 9.69. The van der Waals surface area contributed by atoms with Crippen LogP contribution in [0.5, 0.6) is 6.08 Å². The molecule has 27 heavy (non-hydrogen) atoms. The summed E-state index contributed by atoms with van der Waals surface area (Å²) in [4.78, 5) is 11.9. The summed E-state index contributed by atoms with van der Waals surface area (Å²) in [6.07, 6.45) is 2.57. The predicted molar refractivity (Wildman–Crippen MR) is 99.6 cm³/mol. The summed E-state index contributed by atoms with van der Waals surface area (Å²) in [6, 6.07) is 5.82. The van der Waals surface area contributed by atoms with Gasteiger partial charge in [0.2, 0.25) is 10.0 Å². The van der Waals surface area contributed by atoms with Crippen molar-refractivity contribution in [3.63, 3.8) is 0 Å². The highest BCUT2D eigenvalue weighted by molar-refractivity contribution is 7.89. The van der Waals surface area contributed by atoms with Crippen LogP contribution >= 0.6 is 0 Å². The molecule has 1 N–H and O–H groups in total. The largest absolute Gasteiger partial charge is 0.452 e. The number of nitrogens with one attached hydrogen (secondary N) is 1. The number of benzene rings is 1. The van der Waals surface area contributed by atoms with Gasteiger partial charge >= 0.3 is 11.8 Å². The van der Waals surface area contributed by atoms with Gasteiger partial charge in [-0.2, -0.15) is 4.68 Å². The molecule has 0 radical (unpaired) electrons.